The SMILES string of the molecule is COC(=O)C1(Cc2ccccc2)Cc2c(OSC(F)(F)F)cccc2N1C(=O)c1ccc(C(C)(C)C)c(OC)c1. The highest BCUT2D eigenvalue weighted by molar-refractivity contribution is 7.95. The molecule has 0 saturated heterocycles. The number of nitrogens with zero attached hydrogens (tertiary/aromatic N) is 1. The van der Waals surface area contributed by atoms with Crippen LogP contribution in [0.3, 0.4) is 0 Å². The molecule has 0 bridgehead atoms. The Bertz CT molecular complexity index is 1400. The number of carbonyl (C=O) groups excluding carboxylic acids is 2. The summed E-state index contributed by atoms with van der Waals surface area (Å²) in [4.78, 5) is 29.3. The molecule has 212 valence electrons. The van der Waals surface area contributed by atoms with Crippen molar-refractivity contribution >= 4 is 29.6 Å². The largest absolute Gasteiger partial charge is 0.496 e. The Morgan fingerprint density at radius 2 is 1.65 bits per heavy atom. The number of benzene rings is 3. The molecule has 1 amide bonds. The van der Waals surface area contributed by atoms with Gasteiger partial charge in [-0.2, -0.15) is 13.2 Å². The van der Waals surface area contributed by atoms with Crippen LogP contribution in [0.5, 0.6) is 11.5 Å². The van der Waals surface area contributed by atoms with Gasteiger partial charge in [-0.15, -0.1) is 0 Å². The molecule has 0 fully saturated rings. The van der Waals surface area contributed by atoms with Crippen molar-refractivity contribution in [3.8, 4) is 11.5 Å². The lowest BCUT2D eigenvalue weighted by Crippen LogP contribution is -2.58. The molecule has 0 aromatic heterocycles. The molecular weight excluding hydrogens is 543 g/mol. The fourth-order valence-corrected chi connectivity index (χ4v) is 5.43. The zero-order valence-electron chi connectivity index (χ0n) is 22.8. The Labute approximate surface area is 235 Å². The van der Waals surface area contributed by atoms with Crippen molar-refractivity contribution in [2.24, 2.45) is 0 Å². The second kappa shape index (κ2) is 11.1. The molecule has 3 aromatic rings. The molecule has 6 nitrogen and oxygen atoms in total. The molecule has 0 N–H and O–H groups in total. The van der Waals surface area contributed by atoms with Crippen molar-refractivity contribution < 1.29 is 36.4 Å². The third-order valence-electron chi connectivity index (χ3n) is 6.84. The first-order valence-corrected chi connectivity index (χ1v) is 13.2. The van der Waals surface area contributed by atoms with Crippen LogP contribution < -0.4 is 13.8 Å². The van der Waals surface area contributed by atoms with Crippen LogP contribution in [0.15, 0.2) is 66.7 Å². The van der Waals surface area contributed by atoms with E-state index in [4.69, 9.17) is 13.7 Å². The highest BCUT2D eigenvalue weighted by Gasteiger charge is 2.55. The lowest BCUT2D eigenvalue weighted by Gasteiger charge is -2.36. The van der Waals surface area contributed by atoms with Crippen molar-refractivity contribution in [2.75, 3.05) is 19.1 Å². The number of ether oxygens (including phenoxy) is 2. The first-order chi connectivity index (χ1) is 18.8. The zero-order chi connectivity index (χ0) is 29.3. The summed E-state index contributed by atoms with van der Waals surface area (Å²) in [6.45, 7) is 6.06. The van der Waals surface area contributed by atoms with E-state index < -0.39 is 35.0 Å². The molecule has 4 rings (SSSR count). The van der Waals surface area contributed by atoms with Gasteiger partial charge < -0.3 is 13.7 Å². The third-order valence-corrected chi connectivity index (χ3v) is 7.29. The number of esters is 1. The average Bonchev–Trinajstić information content (AvgIpc) is 3.25. The summed E-state index contributed by atoms with van der Waals surface area (Å²) in [7, 11) is 2.73. The molecule has 1 aliphatic heterocycles. The number of methoxy groups -OCH3 is 2. The van der Waals surface area contributed by atoms with E-state index in [1.54, 1.807) is 36.4 Å². The quantitative estimate of drug-likeness (QED) is 0.226. The van der Waals surface area contributed by atoms with Crippen LogP contribution in [0.2, 0.25) is 0 Å². The molecule has 10 heteroatoms. The number of halogens is 3. The van der Waals surface area contributed by atoms with E-state index in [1.807, 2.05) is 39.0 Å². The number of amides is 1. The summed E-state index contributed by atoms with van der Waals surface area (Å²) >= 11 is -0.650. The summed E-state index contributed by atoms with van der Waals surface area (Å²) < 4.78 is 55.0. The molecule has 1 aliphatic rings. The second-order valence-corrected chi connectivity index (χ2v) is 11.3. The standard InChI is InChI=1S/C30H30F3NO5S/c1-28(2,3)22-15-14-20(16-25(22)37-4)26(35)34-23-12-9-13-24(39-40-30(31,32)33)21(23)18-29(34,27(36)38-5)17-19-10-7-6-8-11-19/h6-16H,17-18H2,1-5H3. The van der Waals surface area contributed by atoms with Gasteiger partial charge in [0.2, 0.25) is 0 Å². The van der Waals surface area contributed by atoms with Gasteiger partial charge in [-0.25, -0.2) is 4.79 Å². The maximum Gasteiger partial charge on any atom is 0.479 e. The fraction of sp³-hybridized carbons (Fsp3) is 0.333. The van der Waals surface area contributed by atoms with Crippen LogP contribution in [0, 0.1) is 0 Å². The minimum atomic E-state index is -4.65. The lowest BCUT2D eigenvalue weighted by molar-refractivity contribution is -0.146. The van der Waals surface area contributed by atoms with Crippen LogP contribution >= 0.6 is 12.0 Å². The van der Waals surface area contributed by atoms with Gasteiger partial charge in [0.15, 0.2) is 17.6 Å². The first kappa shape index (κ1) is 29.3. The van der Waals surface area contributed by atoms with Crippen molar-refractivity contribution in [1.29, 1.82) is 0 Å². The third kappa shape index (κ3) is 5.77. The van der Waals surface area contributed by atoms with Crippen LogP contribution in [0.4, 0.5) is 18.9 Å². The number of fused-ring (bicyclic) bond motifs is 1. The molecule has 0 radical (unpaired) electrons. The minimum absolute atomic E-state index is 0.0595. The van der Waals surface area contributed by atoms with Crippen LogP contribution in [0.1, 0.15) is 47.8 Å². The van der Waals surface area contributed by atoms with Crippen molar-refractivity contribution in [2.45, 2.75) is 50.1 Å². The monoisotopic (exact) mass is 573 g/mol. The first-order valence-electron chi connectivity index (χ1n) is 12.5. The molecule has 0 aliphatic carbocycles. The highest BCUT2D eigenvalue weighted by atomic mass is 32.2. The summed E-state index contributed by atoms with van der Waals surface area (Å²) in [5, 5.41) is 0. The van der Waals surface area contributed by atoms with Crippen molar-refractivity contribution in [3.63, 3.8) is 0 Å². The molecule has 0 saturated carbocycles. The number of rotatable bonds is 7. The minimum Gasteiger partial charge on any atom is -0.496 e. The van der Waals surface area contributed by atoms with Crippen LogP contribution in [0.25, 0.3) is 0 Å². The molecular formula is C30H30F3NO5S. The Hall–Kier alpha value is -3.66. The molecule has 3 aromatic carbocycles. The number of carbonyl (C=O) groups is 2. The summed E-state index contributed by atoms with van der Waals surface area (Å²) in [5.41, 5.74) is -4.06. The summed E-state index contributed by atoms with van der Waals surface area (Å²) in [6.07, 6.45) is -0.0502. The van der Waals surface area contributed by atoms with E-state index in [0.717, 1.165) is 11.1 Å². The molecule has 1 unspecified atom stereocenters. The number of hydrogen-bond acceptors (Lipinski definition) is 6. The van der Waals surface area contributed by atoms with Gasteiger partial charge in [0.1, 0.15) is 11.5 Å². The van der Waals surface area contributed by atoms with Gasteiger partial charge in [-0.1, -0.05) is 63.2 Å². The highest BCUT2D eigenvalue weighted by Crippen LogP contribution is 2.48. The van der Waals surface area contributed by atoms with Gasteiger partial charge >= 0.3 is 11.5 Å². The topological polar surface area (TPSA) is 65.1 Å². The van der Waals surface area contributed by atoms with Gasteiger partial charge in [0.05, 0.1) is 19.9 Å². The Kier molecular flexibility index (Phi) is 8.12. The smallest absolute Gasteiger partial charge is 0.479 e. The summed E-state index contributed by atoms with van der Waals surface area (Å²) in [6, 6.07) is 18.6. The predicted octanol–water partition coefficient (Wildman–Crippen LogP) is 6.90. The van der Waals surface area contributed by atoms with E-state index in [-0.39, 0.29) is 35.3 Å². The molecule has 0 spiro atoms. The maximum atomic E-state index is 14.3. The molecule has 1 atom stereocenters. The number of anilines is 1. The van der Waals surface area contributed by atoms with Crippen LogP contribution in [-0.2, 0) is 27.8 Å². The Balaban J connectivity index is 1.90. The Morgan fingerprint density at radius 1 is 0.950 bits per heavy atom. The van der Waals surface area contributed by atoms with E-state index in [1.165, 1.54) is 31.3 Å². The average molecular weight is 574 g/mol. The Morgan fingerprint density at radius 3 is 2.25 bits per heavy atom. The molecule has 40 heavy (non-hydrogen) atoms. The predicted molar refractivity (Wildman–Crippen MR) is 148 cm³/mol. The van der Waals surface area contributed by atoms with Crippen LogP contribution in [-0.4, -0.2) is 37.1 Å². The van der Waals surface area contributed by atoms with Gasteiger partial charge in [-0.05, 0) is 40.8 Å². The van der Waals surface area contributed by atoms with Gasteiger partial charge in [0, 0.05) is 24.0 Å². The number of alkyl halides is 3. The molecule has 1 heterocycles. The van der Waals surface area contributed by atoms with Crippen molar-refractivity contribution in [1.82, 2.24) is 0 Å². The second-order valence-electron chi connectivity index (χ2n) is 10.5. The maximum absolute atomic E-state index is 14.3. The summed E-state index contributed by atoms with van der Waals surface area (Å²) in [5.74, 6) is -0.812. The normalized spacial score (nSPS) is 16.9. The van der Waals surface area contributed by atoms with E-state index in [2.05, 4.69) is 0 Å². The zero-order valence-corrected chi connectivity index (χ0v) is 23.6. The number of hydrogen-bond donors (Lipinski definition) is 0. The van der Waals surface area contributed by atoms with Crippen molar-refractivity contribution in [3.05, 3.63) is 89.0 Å². The van der Waals surface area contributed by atoms with E-state index >= 15 is 0 Å². The lowest BCUT2D eigenvalue weighted by atomic mass is 9.85. The van der Waals surface area contributed by atoms with Gasteiger partial charge in [-0.3, -0.25) is 9.69 Å². The van der Waals surface area contributed by atoms with E-state index in [0.29, 0.717) is 11.3 Å². The fourth-order valence-electron chi connectivity index (χ4n) is 5.09. The van der Waals surface area contributed by atoms with Gasteiger partial charge in [0.25, 0.3) is 5.91 Å². The van der Waals surface area contributed by atoms with E-state index in [9.17, 15) is 22.8 Å².